The van der Waals surface area contributed by atoms with Crippen molar-refractivity contribution in [2.75, 3.05) is 26.7 Å². The molecule has 0 aliphatic carbocycles. The molecule has 1 rings (SSSR count). The molecule has 2 unspecified atom stereocenters. The summed E-state index contributed by atoms with van der Waals surface area (Å²) in [4.78, 5) is 24.2. The van der Waals surface area contributed by atoms with Crippen molar-refractivity contribution in [1.29, 1.82) is 0 Å². The maximum absolute atomic E-state index is 11.6. The number of rotatable bonds is 7. The van der Waals surface area contributed by atoms with E-state index in [1.54, 1.807) is 0 Å². The molecule has 0 aromatic heterocycles. The minimum atomic E-state index is -0.903. The van der Waals surface area contributed by atoms with Gasteiger partial charge in [0.15, 0.2) is 6.10 Å². The summed E-state index contributed by atoms with van der Waals surface area (Å²) in [7, 11) is 1.84. The Hall–Kier alpha value is -1.14. The molecule has 0 saturated carbocycles. The van der Waals surface area contributed by atoms with Crippen LogP contribution in [-0.4, -0.2) is 60.8 Å². The molecule has 2 atom stereocenters. The normalized spacial score (nSPS) is 23.0. The number of ether oxygens (including phenoxy) is 1. The van der Waals surface area contributed by atoms with E-state index in [4.69, 9.17) is 9.84 Å². The number of hydrogen-bond acceptors (Lipinski definition) is 4. The first kappa shape index (κ1) is 15.9. The Labute approximate surface area is 114 Å². The lowest BCUT2D eigenvalue weighted by Crippen LogP contribution is -2.40. The van der Waals surface area contributed by atoms with Crippen molar-refractivity contribution < 1.29 is 19.4 Å². The van der Waals surface area contributed by atoms with Crippen LogP contribution in [0.3, 0.4) is 0 Å². The third-order valence-corrected chi connectivity index (χ3v) is 3.02. The van der Waals surface area contributed by atoms with E-state index in [1.165, 1.54) is 0 Å². The smallest absolute Gasteiger partial charge is 0.332 e. The Balaban J connectivity index is 2.22. The van der Waals surface area contributed by atoms with Gasteiger partial charge in [0.25, 0.3) is 0 Å². The Bertz CT molecular complexity index is 320. The summed E-state index contributed by atoms with van der Waals surface area (Å²) in [5.41, 5.74) is 0. The maximum Gasteiger partial charge on any atom is 0.332 e. The van der Waals surface area contributed by atoms with Crippen LogP contribution in [0.25, 0.3) is 0 Å². The Kier molecular flexibility index (Phi) is 6.24. The van der Waals surface area contributed by atoms with Gasteiger partial charge < -0.3 is 15.2 Å². The highest BCUT2D eigenvalue weighted by Crippen LogP contribution is 2.20. The summed E-state index contributed by atoms with van der Waals surface area (Å²) in [5, 5.41) is 11.7. The molecular formula is C13H24N2O4. The van der Waals surface area contributed by atoms with E-state index in [0.29, 0.717) is 32.0 Å². The van der Waals surface area contributed by atoms with Gasteiger partial charge in [-0.2, -0.15) is 0 Å². The number of carbonyl (C=O) groups is 2. The molecule has 1 aliphatic heterocycles. The van der Waals surface area contributed by atoms with Crippen molar-refractivity contribution in [3.8, 4) is 0 Å². The van der Waals surface area contributed by atoms with Crippen molar-refractivity contribution in [1.82, 2.24) is 10.2 Å². The number of nitrogens with zero attached hydrogens (tertiary/aromatic N) is 1. The fraction of sp³-hybridized carbons (Fsp3) is 0.846. The molecule has 1 heterocycles. The number of carboxylic acids is 1. The van der Waals surface area contributed by atoms with Gasteiger partial charge in [0.1, 0.15) is 0 Å². The first-order chi connectivity index (χ1) is 8.88. The lowest BCUT2D eigenvalue weighted by atomic mass is 10.2. The number of aliphatic carboxylic acids is 1. The number of hydrogen-bond donors (Lipinski definition) is 2. The molecule has 0 radical (unpaired) electrons. The molecule has 110 valence electrons. The second kappa shape index (κ2) is 7.45. The molecule has 1 amide bonds. The molecule has 6 nitrogen and oxygen atoms in total. The van der Waals surface area contributed by atoms with Crippen molar-refractivity contribution in [2.45, 2.75) is 38.9 Å². The minimum absolute atomic E-state index is 0.0102. The first-order valence-electron chi connectivity index (χ1n) is 6.72. The van der Waals surface area contributed by atoms with Gasteiger partial charge in [-0.25, -0.2) is 4.79 Å². The van der Waals surface area contributed by atoms with Crippen LogP contribution in [-0.2, 0) is 14.3 Å². The van der Waals surface area contributed by atoms with Crippen LogP contribution in [0.15, 0.2) is 0 Å². The molecule has 0 aromatic carbocycles. The van der Waals surface area contributed by atoms with E-state index in [2.05, 4.69) is 5.32 Å². The van der Waals surface area contributed by atoms with Gasteiger partial charge in [0.05, 0.1) is 12.6 Å². The number of carbonyl (C=O) groups excluding carboxylic acids is 1. The van der Waals surface area contributed by atoms with Crippen LogP contribution < -0.4 is 5.32 Å². The van der Waals surface area contributed by atoms with Crippen LogP contribution in [0.2, 0.25) is 0 Å². The zero-order chi connectivity index (χ0) is 14.4. The molecule has 0 aromatic rings. The molecule has 0 spiro atoms. The van der Waals surface area contributed by atoms with Crippen LogP contribution in [0.5, 0.6) is 0 Å². The highest BCUT2D eigenvalue weighted by molar-refractivity contribution is 5.77. The van der Waals surface area contributed by atoms with E-state index >= 15 is 0 Å². The maximum atomic E-state index is 11.6. The molecule has 1 aliphatic rings. The van der Waals surface area contributed by atoms with E-state index < -0.39 is 12.1 Å². The van der Waals surface area contributed by atoms with Crippen LogP contribution in [0.4, 0.5) is 0 Å². The van der Waals surface area contributed by atoms with Crippen molar-refractivity contribution in [3.63, 3.8) is 0 Å². The molecule has 19 heavy (non-hydrogen) atoms. The van der Waals surface area contributed by atoms with Gasteiger partial charge in [-0.3, -0.25) is 9.69 Å². The van der Waals surface area contributed by atoms with Gasteiger partial charge in [-0.15, -0.1) is 0 Å². The predicted molar refractivity (Wildman–Crippen MR) is 70.9 cm³/mol. The van der Waals surface area contributed by atoms with Crippen LogP contribution in [0.1, 0.15) is 26.7 Å². The van der Waals surface area contributed by atoms with E-state index in [-0.39, 0.29) is 12.0 Å². The fourth-order valence-corrected chi connectivity index (χ4v) is 2.05. The second-order valence-corrected chi connectivity index (χ2v) is 5.56. The Morgan fingerprint density at radius 2 is 2.11 bits per heavy atom. The largest absolute Gasteiger partial charge is 0.479 e. The molecular weight excluding hydrogens is 248 g/mol. The van der Waals surface area contributed by atoms with Crippen molar-refractivity contribution >= 4 is 11.9 Å². The van der Waals surface area contributed by atoms with Gasteiger partial charge in [0, 0.05) is 13.1 Å². The van der Waals surface area contributed by atoms with Gasteiger partial charge >= 0.3 is 5.97 Å². The molecule has 0 bridgehead atoms. The average molecular weight is 272 g/mol. The van der Waals surface area contributed by atoms with Gasteiger partial charge in [-0.1, -0.05) is 13.8 Å². The minimum Gasteiger partial charge on any atom is -0.479 e. The quantitative estimate of drug-likeness (QED) is 0.698. The zero-order valence-corrected chi connectivity index (χ0v) is 11.9. The monoisotopic (exact) mass is 272 g/mol. The average Bonchev–Trinajstić information content (AvgIpc) is 2.74. The summed E-state index contributed by atoms with van der Waals surface area (Å²) in [5.74, 6) is -0.479. The Morgan fingerprint density at radius 1 is 1.42 bits per heavy atom. The van der Waals surface area contributed by atoms with Crippen LogP contribution in [0, 0.1) is 5.92 Å². The Morgan fingerprint density at radius 3 is 2.63 bits per heavy atom. The summed E-state index contributed by atoms with van der Waals surface area (Å²) in [6, 6.07) is 0. The highest BCUT2D eigenvalue weighted by Gasteiger charge is 2.31. The molecule has 1 saturated heterocycles. The lowest BCUT2D eigenvalue weighted by Gasteiger charge is -2.20. The number of likely N-dealkylation sites (N-methyl/N-ethyl adjacent to an activating group) is 1. The van der Waals surface area contributed by atoms with Crippen molar-refractivity contribution in [3.05, 3.63) is 0 Å². The second-order valence-electron chi connectivity index (χ2n) is 5.56. The number of amides is 1. The predicted octanol–water partition coefficient (Wildman–Crippen LogP) is 0.323. The molecule has 2 N–H and O–H groups in total. The summed E-state index contributed by atoms with van der Waals surface area (Å²) >= 11 is 0. The van der Waals surface area contributed by atoms with Gasteiger partial charge in [-0.05, 0) is 25.8 Å². The lowest BCUT2D eigenvalue weighted by molar-refractivity contribution is -0.149. The van der Waals surface area contributed by atoms with E-state index in [9.17, 15) is 9.59 Å². The van der Waals surface area contributed by atoms with Crippen LogP contribution >= 0.6 is 0 Å². The molecule has 1 fully saturated rings. The van der Waals surface area contributed by atoms with E-state index in [0.717, 1.165) is 6.42 Å². The standard InChI is InChI=1S/C13H24N2O4/c1-9(2)6-14-12(16)8-15(3)7-10-4-5-11(19-10)13(17)18/h9-11H,4-8H2,1-3H3,(H,14,16)(H,17,18). The highest BCUT2D eigenvalue weighted by atomic mass is 16.5. The fourth-order valence-electron chi connectivity index (χ4n) is 2.05. The summed E-state index contributed by atoms with van der Waals surface area (Å²) in [6.45, 7) is 5.65. The summed E-state index contributed by atoms with van der Waals surface area (Å²) in [6.07, 6.45) is 0.500. The topological polar surface area (TPSA) is 78.9 Å². The summed E-state index contributed by atoms with van der Waals surface area (Å²) < 4.78 is 5.40. The van der Waals surface area contributed by atoms with Crippen molar-refractivity contribution in [2.24, 2.45) is 5.92 Å². The third-order valence-electron chi connectivity index (χ3n) is 3.02. The first-order valence-corrected chi connectivity index (χ1v) is 6.72. The number of nitrogens with one attached hydrogen (secondary N) is 1. The zero-order valence-electron chi connectivity index (χ0n) is 11.9. The SMILES string of the molecule is CC(C)CNC(=O)CN(C)CC1CCC(C(=O)O)O1. The van der Waals surface area contributed by atoms with Gasteiger partial charge in [0.2, 0.25) is 5.91 Å². The number of carboxylic acid groups (broad SMARTS) is 1. The third kappa shape index (κ3) is 6.02. The van der Waals surface area contributed by atoms with E-state index in [1.807, 2.05) is 25.8 Å². The molecule has 6 heteroatoms.